The number of hydrogen-bond donors (Lipinski definition) is 1. The van der Waals surface area contributed by atoms with E-state index in [0.717, 1.165) is 76.7 Å². The molecule has 31 heavy (non-hydrogen) atoms. The molecule has 6 heteroatoms. The highest BCUT2D eigenvalue weighted by atomic mass is 16.5. The van der Waals surface area contributed by atoms with E-state index in [2.05, 4.69) is 10.2 Å². The average Bonchev–Trinajstić information content (AvgIpc) is 3.15. The number of morpholine rings is 1. The zero-order valence-corrected chi connectivity index (χ0v) is 18.5. The Bertz CT molecular complexity index is 1120. The van der Waals surface area contributed by atoms with Crippen LogP contribution in [0.25, 0.3) is 16.5 Å². The Kier molecular flexibility index (Phi) is 6.00. The number of hydrogen-bond acceptors (Lipinski definition) is 5. The summed E-state index contributed by atoms with van der Waals surface area (Å²) in [5.74, 6) is 0.540. The highest BCUT2D eigenvalue weighted by molar-refractivity contribution is 6.05. The van der Waals surface area contributed by atoms with Gasteiger partial charge in [0.25, 0.3) is 0 Å². The van der Waals surface area contributed by atoms with Gasteiger partial charge in [-0.1, -0.05) is 0 Å². The van der Waals surface area contributed by atoms with Crippen LogP contribution in [0.4, 0.5) is 11.4 Å². The summed E-state index contributed by atoms with van der Waals surface area (Å²) < 4.78 is 16.7. The van der Waals surface area contributed by atoms with E-state index in [-0.39, 0.29) is 5.91 Å². The maximum Gasteiger partial charge on any atom is 0.248 e. The molecule has 0 aliphatic carbocycles. The fraction of sp³-hybridized carbons (Fsp3) is 0.320. The molecule has 162 valence electrons. The molecule has 1 aliphatic heterocycles. The lowest BCUT2D eigenvalue weighted by Crippen LogP contribution is -2.36. The molecule has 2 aromatic carbocycles. The van der Waals surface area contributed by atoms with Crippen LogP contribution in [0.3, 0.4) is 0 Å². The fourth-order valence-corrected chi connectivity index (χ4v) is 4.02. The van der Waals surface area contributed by atoms with E-state index in [1.165, 1.54) is 0 Å². The van der Waals surface area contributed by atoms with Gasteiger partial charge in [0.2, 0.25) is 5.91 Å². The normalized spacial score (nSPS) is 14.7. The summed E-state index contributed by atoms with van der Waals surface area (Å²) in [6, 6.07) is 9.93. The molecule has 4 rings (SSSR count). The molecule has 0 unspecified atom stereocenters. The van der Waals surface area contributed by atoms with Crippen LogP contribution in [0, 0.1) is 13.8 Å². The van der Waals surface area contributed by atoms with E-state index >= 15 is 0 Å². The van der Waals surface area contributed by atoms with Crippen LogP contribution in [0.5, 0.6) is 5.75 Å². The summed E-state index contributed by atoms with van der Waals surface area (Å²) in [6.07, 6.45) is 3.35. The number of carbonyl (C=O) groups is 1. The van der Waals surface area contributed by atoms with Gasteiger partial charge in [-0.25, -0.2) is 0 Å². The highest BCUT2D eigenvalue weighted by Crippen LogP contribution is 2.37. The third-order valence-electron chi connectivity index (χ3n) is 5.73. The number of nitrogens with one attached hydrogen (secondary N) is 1. The van der Waals surface area contributed by atoms with Gasteiger partial charge in [0.15, 0.2) is 0 Å². The van der Waals surface area contributed by atoms with Crippen LogP contribution in [-0.4, -0.2) is 39.3 Å². The molecule has 0 bridgehead atoms. The van der Waals surface area contributed by atoms with E-state index in [9.17, 15) is 4.79 Å². The topological polar surface area (TPSA) is 63.9 Å². The van der Waals surface area contributed by atoms with Gasteiger partial charge in [0.1, 0.15) is 11.3 Å². The van der Waals surface area contributed by atoms with E-state index < -0.39 is 0 Å². The van der Waals surface area contributed by atoms with Crippen molar-refractivity contribution in [2.75, 3.05) is 43.6 Å². The molecule has 1 saturated heterocycles. The first kappa shape index (κ1) is 21.0. The van der Waals surface area contributed by atoms with Crippen molar-refractivity contribution >= 4 is 33.8 Å². The molecule has 1 aromatic heterocycles. The van der Waals surface area contributed by atoms with Gasteiger partial charge in [-0.05, 0) is 62.2 Å². The molecule has 1 amide bonds. The molecule has 2 heterocycles. The number of nitrogens with zero attached hydrogens (tertiary/aromatic N) is 1. The lowest BCUT2D eigenvalue weighted by atomic mass is 9.98. The molecular weight excluding hydrogens is 392 g/mol. The highest BCUT2D eigenvalue weighted by Gasteiger charge is 2.17. The lowest BCUT2D eigenvalue weighted by Gasteiger charge is -2.28. The summed E-state index contributed by atoms with van der Waals surface area (Å²) >= 11 is 0. The number of allylic oxidation sites excluding steroid dienone is 1. The Morgan fingerprint density at radius 2 is 1.87 bits per heavy atom. The first-order chi connectivity index (χ1) is 15.0. The number of amides is 1. The van der Waals surface area contributed by atoms with E-state index in [1.807, 2.05) is 51.1 Å². The maximum atomic E-state index is 12.7. The number of aryl methyl sites for hydroxylation is 2. The Morgan fingerprint density at radius 1 is 1.16 bits per heavy atom. The number of methoxy groups -OCH3 is 1. The minimum Gasteiger partial charge on any atom is -0.496 e. The van der Waals surface area contributed by atoms with Crippen LogP contribution >= 0.6 is 0 Å². The Balaban J connectivity index is 1.53. The molecule has 0 radical (unpaired) electrons. The Morgan fingerprint density at radius 3 is 2.55 bits per heavy atom. The van der Waals surface area contributed by atoms with Crippen molar-refractivity contribution in [2.45, 2.75) is 20.8 Å². The van der Waals surface area contributed by atoms with Crippen LogP contribution in [0.15, 0.2) is 47.1 Å². The van der Waals surface area contributed by atoms with Gasteiger partial charge in [0, 0.05) is 47.1 Å². The van der Waals surface area contributed by atoms with Gasteiger partial charge >= 0.3 is 0 Å². The van der Waals surface area contributed by atoms with E-state index in [0.29, 0.717) is 0 Å². The van der Waals surface area contributed by atoms with Crippen molar-refractivity contribution in [1.82, 2.24) is 0 Å². The predicted molar refractivity (Wildman–Crippen MR) is 124 cm³/mol. The second kappa shape index (κ2) is 8.86. The van der Waals surface area contributed by atoms with Crippen LogP contribution < -0.4 is 15.0 Å². The van der Waals surface area contributed by atoms with Crippen LogP contribution in [0.1, 0.15) is 23.6 Å². The monoisotopic (exact) mass is 420 g/mol. The van der Waals surface area contributed by atoms with Gasteiger partial charge in [-0.15, -0.1) is 0 Å². The van der Waals surface area contributed by atoms with Crippen molar-refractivity contribution < 1.29 is 18.7 Å². The lowest BCUT2D eigenvalue weighted by molar-refractivity contribution is -0.111. The van der Waals surface area contributed by atoms with Gasteiger partial charge < -0.3 is 24.1 Å². The van der Waals surface area contributed by atoms with Gasteiger partial charge in [0.05, 0.1) is 26.6 Å². The fourth-order valence-electron chi connectivity index (χ4n) is 4.02. The van der Waals surface area contributed by atoms with Gasteiger partial charge in [-0.2, -0.15) is 0 Å². The van der Waals surface area contributed by atoms with Gasteiger partial charge in [-0.3, -0.25) is 4.79 Å². The molecule has 3 aromatic rings. The smallest absolute Gasteiger partial charge is 0.248 e. The van der Waals surface area contributed by atoms with Crippen molar-refractivity contribution in [1.29, 1.82) is 0 Å². The molecule has 0 saturated carbocycles. The minimum absolute atomic E-state index is 0.180. The first-order valence-corrected chi connectivity index (χ1v) is 10.5. The summed E-state index contributed by atoms with van der Waals surface area (Å²) in [5, 5.41) is 3.98. The van der Waals surface area contributed by atoms with Crippen LogP contribution in [0.2, 0.25) is 0 Å². The zero-order valence-electron chi connectivity index (χ0n) is 18.5. The number of anilines is 2. The molecule has 1 fully saturated rings. The van der Waals surface area contributed by atoms with Crippen molar-refractivity contribution in [2.24, 2.45) is 0 Å². The predicted octanol–water partition coefficient (Wildman–Crippen LogP) is 4.94. The van der Waals surface area contributed by atoms with Crippen molar-refractivity contribution in [3.05, 3.63) is 59.4 Å². The maximum absolute atomic E-state index is 12.7. The second-order valence-corrected chi connectivity index (χ2v) is 7.84. The quantitative estimate of drug-likeness (QED) is 0.593. The number of rotatable bonds is 5. The minimum atomic E-state index is -0.180. The van der Waals surface area contributed by atoms with E-state index in [1.54, 1.807) is 19.4 Å². The Hall–Kier alpha value is -3.25. The number of carbonyl (C=O) groups excluding carboxylic acids is 1. The standard InChI is InChI=1S/C25H28N2O4/c1-16(21-14-22-17(2)15-31-25(22)18(3)24(21)29-4)13-23(28)26-19-5-7-20(8-6-19)27-9-11-30-12-10-27/h5-8,13-15H,9-12H2,1-4H3,(H,26,28)/b16-13+. The van der Waals surface area contributed by atoms with Crippen molar-refractivity contribution in [3.8, 4) is 5.75 Å². The molecule has 6 nitrogen and oxygen atoms in total. The second-order valence-electron chi connectivity index (χ2n) is 7.84. The summed E-state index contributed by atoms with van der Waals surface area (Å²) in [4.78, 5) is 15.0. The number of benzene rings is 2. The number of ether oxygens (including phenoxy) is 2. The summed E-state index contributed by atoms with van der Waals surface area (Å²) in [6.45, 7) is 9.15. The SMILES string of the molecule is COc1c(/C(C)=C/C(=O)Nc2ccc(N3CCOCC3)cc2)cc2c(C)coc2c1C. The van der Waals surface area contributed by atoms with Crippen molar-refractivity contribution in [3.63, 3.8) is 0 Å². The summed E-state index contributed by atoms with van der Waals surface area (Å²) in [5.41, 5.74) is 6.40. The molecule has 1 aliphatic rings. The Labute approximate surface area is 182 Å². The molecular formula is C25H28N2O4. The molecule has 1 N–H and O–H groups in total. The van der Waals surface area contributed by atoms with Crippen LogP contribution in [-0.2, 0) is 9.53 Å². The molecule has 0 atom stereocenters. The zero-order chi connectivity index (χ0) is 22.0. The first-order valence-electron chi connectivity index (χ1n) is 10.5. The third-order valence-corrected chi connectivity index (χ3v) is 5.73. The number of fused-ring (bicyclic) bond motifs is 1. The van der Waals surface area contributed by atoms with E-state index in [4.69, 9.17) is 13.9 Å². The third kappa shape index (κ3) is 4.30. The number of furan rings is 1. The summed E-state index contributed by atoms with van der Waals surface area (Å²) in [7, 11) is 1.64. The average molecular weight is 421 g/mol. The molecule has 0 spiro atoms. The largest absolute Gasteiger partial charge is 0.496 e.